The molecule has 1 rings (SSSR count). The molecule has 0 unspecified atom stereocenters. The summed E-state index contributed by atoms with van der Waals surface area (Å²) in [4.78, 5) is 22.4. The van der Waals surface area contributed by atoms with Crippen molar-refractivity contribution in [1.29, 1.82) is 0 Å². The maximum atomic E-state index is 11.5. The van der Waals surface area contributed by atoms with Gasteiger partial charge >= 0.3 is 5.97 Å². The summed E-state index contributed by atoms with van der Waals surface area (Å²) in [6.45, 7) is -0.210. The van der Waals surface area contributed by atoms with Gasteiger partial charge in [0.05, 0.1) is 19.5 Å². The number of ketones is 1. The molecule has 0 aliphatic heterocycles. The zero-order chi connectivity index (χ0) is 13.5. The van der Waals surface area contributed by atoms with Crippen LogP contribution in [0.1, 0.15) is 10.4 Å². The van der Waals surface area contributed by atoms with E-state index in [2.05, 4.69) is 20.7 Å². The molecule has 1 aromatic rings. The first-order chi connectivity index (χ1) is 8.62. The van der Waals surface area contributed by atoms with E-state index >= 15 is 0 Å². The molecular weight excluding hydrogens is 304 g/mol. The molecule has 0 heterocycles. The van der Waals surface area contributed by atoms with E-state index in [-0.39, 0.29) is 17.7 Å². The smallest absolute Gasteiger partial charge is 0.343 e. The Morgan fingerprint density at radius 2 is 1.94 bits per heavy atom. The quantitative estimate of drug-likeness (QED) is 0.455. The maximum Gasteiger partial charge on any atom is 0.343 e. The van der Waals surface area contributed by atoms with Crippen LogP contribution in [0, 0.1) is 0 Å². The van der Waals surface area contributed by atoms with E-state index in [1.165, 1.54) is 14.2 Å². The average molecular weight is 317 g/mol. The Kier molecular flexibility index (Phi) is 5.64. The number of rotatable bonds is 6. The number of carbonyl (C=O) groups is 2. The molecule has 0 saturated carbocycles. The molecule has 0 radical (unpaired) electrons. The second kappa shape index (κ2) is 7.00. The highest BCUT2D eigenvalue weighted by atomic mass is 79.9. The predicted octanol–water partition coefficient (Wildman–Crippen LogP) is 1.82. The molecule has 98 valence electrons. The zero-order valence-electron chi connectivity index (χ0n) is 10.1. The molecule has 0 amide bonds. The van der Waals surface area contributed by atoms with E-state index in [0.717, 1.165) is 0 Å². The Morgan fingerprint density at radius 1 is 1.22 bits per heavy atom. The molecule has 0 aromatic heterocycles. The number of halogens is 1. The number of ether oxygens (including phenoxy) is 3. The number of hydrogen-bond donors (Lipinski definition) is 0. The van der Waals surface area contributed by atoms with Gasteiger partial charge < -0.3 is 14.2 Å². The lowest BCUT2D eigenvalue weighted by Crippen LogP contribution is -2.13. The van der Waals surface area contributed by atoms with Gasteiger partial charge in [-0.05, 0) is 18.2 Å². The van der Waals surface area contributed by atoms with E-state index in [0.29, 0.717) is 17.1 Å². The minimum atomic E-state index is -0.488. The van der Waals surface area contributed by atoms with Gasteiger partial charge in [0, 0.05) is 5.56 Å². The Morgan fingerprint density at radius 3 is 2.50 bits per heavy atom. The van der Waals surface area contributed by atoms with E-state index in [9.17, 15) is 9.59 Å². The Hall–Kier alpha value is -1.56. The molecule has 0 aliphatic rings. The van der Waals surface area contributed by atoms with Crippen molar-refractivity contribution in [2.24, 2.45) is 0 Å². The molecule has 0 aliphatic carbocycles. The second-order valence-corrected chi connectivity index (χ2v) is 3.85. The first-order valence-corrected chi connectivity index (χ1v) is 6.21. The van der Waals surface area contributed by atoms with Gasteiger partial charge in [0.1, 0.15) is 0 Å². The molecule has 5 nitrogen and oxygen atoms in total. The van der Waals surface area contributed by atoms with Crippen molar-refractivity contribution in [2.75, 3.05) is 26.2 Å². The fourth-order valence-corrected chi connectivity index (χ4v) is 1.56. The summed E-state index contributed by atoms with van der Waals surface area (Å²) in [6, 6.07) is 4.76. The topological polar surface area (TPSA) is 61.8 Å². The number of Topliss-reactive ketones (excluding diaryl/α,β-unsaturated/α-hetero) is 1. The largest absolute Gasteiger partial charge is 0.493 e. The predicted molar refractivity (Wildman–Crippen MR) is 68.6 cm³/mol. The number of benzene rings is 1. The molecule has 0 saturated heterocycles. The first-order valence-electron chi connectivity index (χ1n) is 5.09. The van der Waals surface area contributed by atoms with Crippen LogP contribution in [-0.2, 0) is 9.53 Å². The van der Waals surface area contributed by atoms with Crippen molar-refractivity contribution in [2.45, 2.75) is 0 Å². The highest BCUT2D eigenvalue weighted by Crippen LogP contribution is 2.28. The summed E-state index contributed by atoms with van der Waals surface area (Å²) in [7, 11) is 2.74. The third-order valence-corrected chi connectivity index (χ3v) is 2.69. The van der Waals surface area contributed by atoms with Crippen molar-refractivity contribution in [3.63, 3.8) is 0 Å². The summed E-state index contributed by atoms with van der Waals surface area (Å²) >= 11 is 3.09. The second-order valence-electron chi connectivity index (χ2n) is 3.29. The van der Waals surface area contributed by atoms with Crippen LogP contribution < -0.4 is 9.47 Å². The van der Waals surface area contributed by atoms with E-state index < -0.39 is 5.97 Å². The standard InChI is InChI=1S/C12H13BrO5/c1-16-11-5-8(9(14)6-13)3-4-10(11)18-7-12(15)17-2/h3-5H,6-7H2,1-2H3. The van der Waals surface area contributed by atoms with E-state index in [1.54, 1.807) is 18.2 Å². The number of methoxy groups -OCH3 is 2. The van der Waals surface area contributed by atoms with Crippen molar-refractivity contribution < 1.29 is 23.8 Å². The Balaban J connectivity index is 2.86. The summed E-state index contributed by atoms with van der Waals surface area (Å²) in [5, 5.41) is 0.235. The number of esters is 1. The van der Waals surface area contributed by atoms with Gasteiger partial charge in [0.25, 0.3) is 0 Å². The number of hydrogen-bond acceptors (Lipinski definition) is 5. The van der Waals surface area contributed by atoms with Crippen molar-refractivity contribution in [3.05, 3.63) is 23.8 Å². The molecule has 6 heteroatoms. The number of alkyl halides is 1. The van der Waals surface area contributed by atoms with Gasteiger partial charge in [-0.2, -0.15) is 0 Å². The first kappa shape index (κ1) is 14.5. The lowest BCUT2D eigenvalue weighted by atomic mass is 10.1. The van der Waals surface area contributed by atoms with Gasteiger partial charge in [-0.3, -0.25) is 4.79 Å². The van der Waals surface area contributed by atoms with Crippen LogP contribution in [-0.4, -0.2) is 37.9 Å². The van der Waals surface area contributed by atoms with Crippen molar-refractivity contribution in [1.82, 2.24) is 0 Å². The van der Waals surface area contributed by atoms with Crippen LogP contribution in [0.15, 0.2) is 18.2 Å². The minimum Gasteiger partial charge on any atom is -0.493 e. The van der Waals surface area contributed by atoms with Gasteiger partial charge in [0.15, 0.2) is 23.9 Å². The third kappa shape index (κ3) is 3.73. The molecule has 0 atom stereocenters. The maximum absolute atomic E-state index is 11.5. The molecule has 0 spiro atoms. The van der Waals surface area contributed by atoms with Crippen LogP contribution in [0.2, 0.25) is 0 Å². The highest BCUT2D eigenvalue weighted by molar-refractivity contribution is 9.09. The van der Waals surface area contributed by atoms with Gasteiger partial charge in [0.2, 0.25) is 0 Å². The normalized spacial score (nSPS) is 9.72. The molecule has 0 fully saturated rings. The van der Waals surface area contributed by atoms with Crippen LogP contribution in [0.4, 0.5) is 0 Å². The lowest BCUT2D eigenvalue weighted by molar-refractivity contribution is -0.142. The Labute approximate surface area is 113 Å². The highest BCUT2D eigenvalue weighted by Gasteiger charge is 2.11. The van der Waals surface area contributed by atoms with Crippen molar-refractivity contribution in [3.8, 4) is 11.5 Å². The molecule has 0 N–H and O–H groups in total. The molecular formula is C12H13BrO5. The molecule has 0 bridgehead atoms. The lowest BCUT2D eigenvalue weighted by Gasteiger charge is -2.10. The SMILES string of the molecule is COC(=O)COc1ccc(C(=O)CBr)cc1OC. The van der Waals surface area contributed by atoms with Crippen LogP contribution in [0.3, 0.4) is 0 Å². The molecule has 1 aromatic carbocycles. The van der Waals surface area contributed by atoms with E-state index in [1.807, 2.05) is 0 Å². The summed E-state index contributed by atoms with van der Waals surface area (Å²) < 4.78 is 14.8. The van der Waals surface area contributed by atoms with Crippen LogP contribution >= 0.6 is 15.9 Å². The van der Waals surface area contributed by atoms with Gasteiger partial charge in [-0.25, -0.2) is 4.79 Å². The van der Waals surface area contributed by atoms with E-state index in [4.69, 9.17) is 9.47 Å². The van der Waals surface area contributed by atoms with Crippen LogP contribution in [0.5, 0.6) is 11.5 Å². The number of carbonyl (C=O) groups excluding carboxylic acids is 2. The fraction of sp³-hybridized carbons (Fsp3) is 0.333. The summed E-state index contributed by atoms with van der Waals surface area (Å²) in [6.07, 6.45) is 0. The third-order valence-electron chi connectivity index (χ3n) is 2.18. The molecule has 18 heavy (non-hydrogen) atoms. The van der Waals surface area contributed by atoms with Crippen molar-refractivity contribution >= 4 is 27.7 Å². The Bertz CT molecular complexity index is 444. The minimum absolute atomic E-state index is 0.0622. The monoisotopic (exact) mass is 316 g/mol. The van der Waals surface area contributed by atoms with Gasteiger partial charge in [-0.1, -0.05) is 15.9 Å². The van der Waals surface area contributed by atoms with Gasteiger partial charge in [-0.15, -0.1) is 0 Å². The fourth-order valence-electron chi connectivity index (χ4n) is 1.23. The van der Waals surface area contributed by atoms with Crippen LogP contribution in [0.25, 0.3) is 0 Å². The summed E-state index contributed by atoms with van der Waals surface area (Å²) in [5.41, 5.74) is 0.508. The zero-order valence-corrected chi connectivity index (χ0v) is 11.7. The summed E-state index contributed by atoms with van der Waals surface area (Å²) in [5.74, 6) is 0.227. The average Bonchev–Trinajstić information content (AvgIpc) is 2.43.